The van der Waals surface area contributed by atoms with Gasteiger partial charge in [-0.2, -0.15) is 5.26 Å². The van der Waals surface area contributed by atoms with Gasteiger partial charge in [0.1, 0.15) is 18.2 Å². The summed E-state index contributed by atoms with van der Waals surface area (Å²) in [6.45, 7) is 0.00416. The fraction of sp³-hybridized carbons (Fsp3) is 0.217. The van der Waals surface area contributed by atoms with Gasteiger partial charge in [0.25, 0.3) is 5.56 Å². The Kier molecular flexibility index (Phi) is 5.31. The molecule has 0 bridgehead atoms. The Morgan fingerprint density at radius 3 is 2.20 bits per heavy atom. The maximum atomic E-state index is 12.9. The van der Waals surface area contributed by atoms with Crippen molar-refractivity contribution in [3.8, 4) is 6.07 Å². The lowest BCUT2D eigenvalue weighted by atomic mass is 9.99. The van der Waals surface area contributed by atoms with Crippen LogP contribution >= 0.6 is 0 Å². The molecule has 0 fully saturated rings. The maximum Gasteiger partial charge on any atom is 0.331 e. The minimum atomic E-state index is -0.707. The molecule has 1 aliphatic rings. The number of nitriles is 1. The van der Waals surface area contributed by atoms with Gasteiger partial charge in [-0.1, -0.05) is 60.7 Å². The molecule has 0 saturated carbocycles. The molecular weight excluding hydrogens is 380 g/mol. The van der Waals surface area contributed by atoms with Crippen LogP contribution in [0.1, 0.15) is 34.8 Å². The molecule has 4 rings (SSSR count). The first kappa shape index (κ1) is 19.4. The predicted molar refractivity (Wildman–Crippen MR) is 111 cm³/mol. The Balaban J connectivity index is 1.67. The average Bonchev–Trinajstić information content (AvgIpc) is 3.26. The van der Waals surface area contributed by atoms with Gasteiger partial charge in [0.2, 0.25) is 5.91 Å². The summed E-state index contributed by atoms with van der Waals surface area (Å²) in [6.07, 6.45) is 1.22. The number of nitrogens with one attached hydrogen (secondary N) is 1. The second-order valence-electron chi connectivity index (χ2n) is 7.18. The van der Waals surface area contributed by atoms with Gasteiger partial charge in [-0.25, -0.2) is 9.36 Å². The summed E-state index contributed by atoms with van der Waals surface area (Å²) in [5.41, 5.74) is 0.929. The maximum absolute atomic E-state index is 12.9. The topological polar surface area (TPSA) is 96.9 Å². The lowest BCUT2D eigenvalue weighted by Crippen LogP contribution is -2.45. The van der Waals surface area contributed by atoms with Gasteiger partial charge in [-0.05, 0) is 24.0 Å². The van der Waals surface area contributed by atoms with Crippen molar-refractivity contribution < 1.29 is 4.79 Å². The van der Waals surface area contributed by atoms with E-state index in [1.807, 2.05) is 66.7 Å². The molecule has 150 valence electrons. The van der Waals surface area contributed by atoms with Crippen molar-refractivity contribution in [2.75, 3.05) is 0 Å². The Morgan fingerprint density at radius 2 is 1.63 bits per heavy atom. The highest BCUT2D eigenvalue weighted by Gasteiger charge is 2.24. The summed E-state index contributed by atoms with van der Waals surface area (Å²) < 4.78 is 2.29. The van der Waals surface area contributed by atoms with Crippen molar-refractivity contribution in [2.24, 2.45) is 0 Å². The lowest BCUT2D eigenvalue weighted by molar-refractivity contribution is -0.122. The highest BCUT2D eigenvalue weighted by atomic mass is 16.2. The molecule has 1 aliphatic heterocycles. The minimum Gasteiger partial charge on any atom is -0.344 e. The molecule has 1 N–H and O–H groups in total. The molecule has 0 radical (unpaired) electrons. The molecule has 1 aromatic heterocycles. The van der Waals surface area contributed by atoms with E-state index in [2.05, 4.69) is 5.32 Å². The number of aromatic nitrogens is 2. The van der Waals surface area contributed by atoms with Crippen LogP contribution in [0.3, 0.4) is 0 Å². The number of carbonyl (C=O) groups is 1. The van der Waals surface area contributed by atoms with E-state index < -0.39 is 29.7 Å². The minimum absolute atomic E-state index is 0.0532. The van der Waals surface area contributed by atoms with Crippen LogP contribution in [0.15, 0.2) is 70.3 Å². The average molecular weight is 400 g/mol. The lowest BCUT2D eigenvalue weighted by Gasteiger charge is -2.20. The third kappa shape index (κ3) is 3.55. The molecule has 7 heteroatoms. The zero-order chi connectivity index (χ0) is 21.1. The van der Waals surface area contributed by atoms with Gasteiger partial charge in [0.15, 0.2) is 0 Å². The predicted octanol–water partition coefficient (Wildman–Crippen LogP) is 1.73. The second kappa shape index (κ2) is 8.21. The summed E-state index contributed by atoms with van der Waals surface area (Å²) in [7, 11) is 0. The Labute approximate surface area is 172 Å². The van der Waals surface area contributed by atoms with Crippen molar-refractivity contribution in [1.29, 1.82) is 5.26 Å². The quantitative estimate of drug-likeness (QED) is 0.705. The van der Waals surface area contributed by atoms with Crippen molar-refractivity contribution in [3.63, 3.8) is 0 Å². The van der Waals surface area contributed by atoms with Crippen molar-refractivity contribution in [1.82, 2.24) is 14.5 Å². The largest absolute Gasteiger partial charge is 0.344 e. The van der Waals surface area contributed by atoms with Crippen LogP contribution in [0.5, 0.6) is 0 Å². The summed E-state index contributed by atoms with van der Waals surface area (Å²) in [5.74, 6) is -0.477. The fourth-order valence-electron chi connectivity index (χ4n) is 3.89. The smallest absolute Gasteiger partial charge is 0.331 e. The first-order valence-electron chi connectivity index (χ1n) is 9.76. The first-order valence-corrected chi connectivity index (χ1v) is 9.76. The third-order valence-electron chi connectivity index (χ3n) is 5.32. The Bertz CT molecular complexity index is 1200. The summed E-state index contributed by atoms with van der Waals surface area (Å²) in [4.78, 5) is 38.3. The number of hydrogen-bond acceptors (Lipinski definition) is 4. The number of amides is 1. The van der Waals surface area contributed by atoms with Gasteiger partial charge in [-0.15, -0.1) is 0 Å². The number of benzene rings is 2. The van der Waals surface area contributed by atoms with E-state index in [1.54, 1.807) is 0 Å². The standard InChI is InChI=1S/C23H20N4O3/c24-14-18-19-12-7-13-26(19)23(30)27(22(18)29)15-20(28)25-21(16-8-3-1-4-9-16)17-10-5-2-6-11-17/h1-6,8-11,21H,7,12-13,15H2,(H,25,28). The molecular formula is C23H20N4O3. The summed E-state index contributed by atoms with van der Waals surface area (Å²) in [5, 5.41) is 12.3. The number of carbonyl (C=O) groups excluding carboxylic acids is 1. The monoisotopic (exact) mass is 400 g/mol. The molecule has 2 aromatic carbocycles. The molecule has 30 heavy (non-hydrogen) atoms. The highest BCUT2D eigenvalue weighted by molar-refractivity contribution is 5.76. The van der Waals surface area contributed by atoms with Crippen LogP contribution < -0.4 is 16.6 Å². The van der Waals surface area contributed by atoms with E-state index in [0.29, 0.717) is 25.1 Å². The van der Waals surface area contributed by atoms with Crippen LogP contribution in [0.25, 0.3) is 0 Å². The van der Waals surface area contributed by atoms with E-state index >= 15 is 0 Å². The van der Waals surface area contributed by atoms with E-state index in [4.69, 9.17) is 0 Å². The van der Waals surface area contributed by atoms with Crippen LogP contribution in [0, 0.1) is 11.3 Å². The van der Waals surface area contributed by atoms with E-state index in [1.165, 1.54) is 4.57 Å². The zero-order valence-electron chi connectivity index (χ0n) is 16.2. The number of rotatable bonds is 5. The van der Waals surface area contributed by atoms with Gasteiger partial charge in [0, 0.05) is 12.2 Å². The first-order chi connectivity index (χ1) is 14.6. The molecule has 3 aromatic rings. The van der Waals surface area contributed by atoms with Crippen molar-refractivity contribution in [3.05, 3.63) is 104 Å². The molecule has 0 aliphatic carbocycles. The van der Waals surface area contributed by atoms with E-state index in [0.717, 1.165) is 15.7 Å². The Morgan fingerprint density at radius 1 is 1.03 bits per heavy atom. The molecule has 2 heterocycles. The number of nitrogens with zero attached hydrogens (tertiary/aromatic N) is 3. The van der Waals surface area contributed by atoms with Gasteiger partial charge >= 0.3 is 5.69 Å². The third-order valence-corrected chi connectivity index (χ3v) is 5.32. The van der Waals surface area contributed by atoms with E-state index in [-0.39, 0.29) is 5.56 Å². The van der Waals surface area contributed by atoms with Crippen LogP contribution in [-0.4, -0.2) is 15.0 Å². The van der Waals surface area contributed by atoms with Gasteiger partial charge in [0.05, 0.1) is 6.04 Å². The fourth-order valence-corrected chi connectivity index (χ4v) is 3.89. The molecule has 7 nitrogen and oxygen atoms in total. The molecule has 0 saturated heterocycles. The van der Waals surface area contributed by atoms with Crippen molar-refractivity contribution >= 4 is 5.91 Å². The Hall–Kier alpha value is -3.92. The number of hydrogen-bond donors (Lipinski definition) is 1. The van der Waals surface area contributed by atoms with Crippen LogP contribution in [0.2, 0.25) is 0 Å². The normalized spacial score (nSPS) is 12.4. The highest BCUT2D eigenvalue weighted by Crippen LogP contribution is 2.21. The molecule has 0 unspecified atom stereocenters. The number of fused-ring (bicyclic) bond motifs is 1. The van der Waals surface area contributed by atoms with E-state index in [9.17, 15) is 19.6 Å². The summed E-state index contributed by atoms with van der Waals surface area (Å²) in [6, 6.07) is 20.4. The van der Waals surface area contributed by atoms with Gasteiger partial charge in [-0.3, -0.25) is 14.2 Å². The molecule has 0 spiro atoms. The molecule has 1 amide bonds. The van der Waals surface area contributed by atoms with Gasteiger partial charge < -0.3 is 5.32 Å². The summed E-state index contributed by atoms with van der Waals surface area (Å²) >= 11 is 0. The van der Waals surface area contributed by atoms with Crippen LogP contribution in [0.4, 0.5) is 0 Å². The van der Waals surface area contributed by atoms with Crippen molar-refractivity contribution in [2.45, 2.75) is 32.0 Å². The SMILES string of the molecule is N#Cc1c2n(c(=O)n(CC(=O)NC(c3ccccc3)c3ccccc3)c1=O)CCC2. The molecule has 0 atom stereocenters. The zero-order valence-corrected chi connectivity index (χ0v) is 16.2. The van der Waals surface area contributed by atoms with Crippen LogP contribution in [-0.2, 0) is 24.3 Å². The second-order valence-corrected chi connectivity index (χ2v) is 7.18.